The fourth-order valence-electron chi connectivity index (χ4n) is 2.23. The van der Waals surface area contributed by atoms with E-state index in [0.29, 0.717) is 12.6 Å². The first kappa shape index (κ1) is 14.3. The molecule has 3 nitrogen and oxygen atoms in total. The van der Waals surface area contributed by atoms with Crippen molar-refractivity contribution in [2.45, 2.75) is 58.2 Å². The second-order valence-corrected chi connectivity index (χ2v) is 6.44. The molecular formula is C15H24FN3. The monoisotopic (exact) mass is 265 g/mol. The zero-order chi connectivity index (χ0) is 14.0. The average molecular weight is 265 g/mol. The van der Waals surface area contributed by atoms with Crippen molar-refractivity contribution in [1.82, 2.24) is 10.3 Å². The van der Waals surface area contributed by atoms with Gasteiger partial charge in [-0.25, -0.2) is 9.37 Å². The Morgan fingerprint density at radius 3 is 2.63 bits per heavy atom. The van der Waals surface area contributed by atoms with Gasteiger partial charge in [0.15, 0.2) is 0 Å². The molecule has 1 aromatic heterocycles. The van der Waals surface area contributed by atoms with Crippen molar-refractivity contribution >= 4 is 5.82 Å². The number of nitrogens with zero attached hydrogens (tertiary/aromatic N) is 2. The van der Waals surface area contributed by atoms with Crippen LogP contribution in [-0.2, 0) is 6.54 Å². The maximum atomic E-state index is 13.4. The molecule has 0 unspecified atom stereocenters. The highest BCUT2D eigenvalue weighted by Gasteiger charge is 2.25. The van der Waals surface area contributed by atoms with Gasteiger partial charge in [0.05, 0.1) is 6.20 Å². The maximum Gasteiger partial charge on any atom is 0.141 e. The molecule has 4 heteroatoms. The van der Waals surface area contributed by atoms with Gasteiger partial charge in [-0.15, -0.1) is 0 Å². The van der Waals surface area contributed by atoms with Crippen LogP contribution in [0, 0.1) is 5.82 Å². The molecular weight excluding hydrogens is 241 g/mol. The lowest BCUT2D eigenvalue weighted by molar-refractivity contribution is 0.395. The van der Waals surface area contributed by atoms with E-state index in [9.17, 15) is 4.39 Å². The molecule has 19 heavy (non-hydrogen) atoms. The van der Waals surface area contributed by atoms with Crippen molar-refractivity contribution in [3.05, 3.63) is 23.6 Å². The summed E-state index contributed by atoms with van der Waals surface area (Å²) in [4.78, 5) is 6.49. The van der Waals surface area contributed by atoms with Gasteiger partial charge in [-0.1, -0.05) is 0 Å². The molecule has 1 fully saturated rings. The van der Waals surface area contributed by atoms with Crippen molar-refractivity contribution in [2.24, 2.45) is 0 Å². The second kappa shape index (κ2) is 5.45. The van der Waals surface area contributed by atoms with Crippen molar-refractivity contribution in [2.75, 3.05) is 11.9 Å². The third-order valence-electron chi connectivity index (χ3n) is 3.68. The topological polar surface area (TPSA) is 28.2 Å². The number of hydrogen-bond acceptors (Lipinski definition) is 3. The molecule has 0 radical (unpaired) electrons. The van der Waals surface area contributed by atoms with Crippen LogP contribution in [0.5, 0.6) is 0 Å². The van der Waals surface area contributed by atoms with Crippen molar-refractivity contribution < 1.29 is 4.39 Å². The van der Waals surface area contributed by atoms with Crippen molar-refractivity contribution in [3.63, 3.8) is 0 Å². The predicted octanol–water partition coefficient (Wildman–Crippen LogP) is 3.10. The summed E-state index contributed by atoms with van der Waals surface area (Å²) < 4.78 is 13.4. The number of nitrogens with one attached hydrogen (secondary N) is 1. The Hall–Kier alpha value is -1.16. The first-order valence-electron chi connectivity index (χ1n) is 6.99. The number of aromatic nitrogens is 1. The van der Waals surface area contributed by atoms with E-state index in [1.807, 2.05) is 0 Å². The highest BCUT2D eigenvalue weighted by Crippen LogP contribution is 2.29. The minimum absolute atomic E-state index is 0.0125. The quantitative estimate of drug-likeness (QED) is 0.906. The van der Waals surface area contributed by atoms with Gasteiger partial charge in [0, 0.05) is 30.7 Å². The summed E-state index contributed by atoms with van der Waals surface area (Å²) in [6.45, 7) is 6.96. The number of hydrogen-bond donors (Lipinski definition) is 1. The van der Waals surface area contributed by atoms with Crippen molar-refractivity contribution in [1.29, 1.82) is 0 Å². The number of rotatable bonds is 4. The third-order valence-corrected chi connectivity index (χ3v) is 3.68. The summed E-state index contributed by atoms with van der Waals surface area (Å²) in [6, 6.07) is 2.15. The van der Waals surface area contributed by atoms with Gasteiger partial charge in [0.25, 0.3) is 0 Å². The largest absolute Gasteiger partial charge is 0.356 e. The Morgan fingerprint density at radius 1 is 1.42 bits per heavy atom. The molecule has 0 spiro atoms. The van der Waals surface area contributed by atoms with E-state index < -0.39 is 0 Å². The normalized spacial score (nSPS) is 16.3. The first-order chi connectivity index (χ1) is 8.87. The molecule has 1 heterocycles. The first-order valence-corrected chi connectivity index (χ1v) is 6.99. The average Bonchev–Trinajstić information content (AvgIpc) is 2.23. The molecule has 0 aromatic carbocycles. The molecule has 1 saturated carbocycles. The molecule has 0 bridgehead atoms. The van der Waals surface area contributed by atoms with Crippen LogP contribution in [0.1, 0.15) is 45.6 Å². The molecule has 1 aromatic rings. The van der Waals surface area contributed by atoms with Crippen LogP contribution in [0.3, 0.4) is 0 Å². The molecule has 0 aliphatic heterocycles. The minimum Gasteiger partial charge on any atom is -0.356 e. The smallest absolute Gasteiger partial charge is 0.141 e. The Morgan fingerprint density at radius 2 is 2.11 bits per heavy atom. The molecule has 1 aliphatic carbocycles. The molecule has 1 aliphatic rings. The van der Waals surface area contributed by atoms with E-state index in [4.69, 9.17) is 0 Å². The summed E-state index contributed by atoms with van der Waals surface area (Å²) in [7, 11) is 2.06. The molecule has 1 N–H and O–H groups in total. The minimum atomic E-state index is -0.267. The summed E-state index contributed by atoms with van der Waals surface area (Å²) in [5.74, 6) is 0.638. The van der Waals surface area contributed by atoms with Crippen LogP contribution in [0.15, 0.2) is 12.3 Å². The van der Waals surface area contributed by atoms with E-state index in [2.05, 4.69) is 43.0 Å². The predicted molar refractivity (Wildman–Crippen MR) is 76.8 cm³/mol. The van der Waals surface area contributed by atoms with Gasteiger partial charge in [-0.2, -0.15) is 0 Å². The standard InChI is InChI=1S/C15H24FN3/c1-15(2,3)18-9-11-8-12(16)10-17-14(11)19(4)13-6-5-7-13/h8,10,13,18H,5-7,9H2,1-4H3. The molecule has 2 rings (SSSR count). The summed E-state index contributed by atoms with van der Waals surface area (Å²) in [5, 5.41) is 3.40. The Kier molecular flexibility index (Phi) is 4.09. The SMILES string of the molecule is CN(c1ncc(F)cc1CNC(C)(C)C)C1CCC1. The van der Waals surface area contributed by atoms with Gasteiger partial charge in [0.1, 0.15) is 11.6 Å². The van der Waals surface area contributed by atoms with Crippen LogP contribution in [-0.4, -0.2) is 23.6 Å². The van der Waals surface area contributed by atoms with Crippen LogP contribution < -0.4 is 10.2 Å². The molecule has 0 amide bonds. The zero-order valence-corrected chi connectivity index (χ0v) is 12.3. The lowest BCUT2D eigenvalue weighted by atomic mass is 9.91. The van der Waals surface area contributed by atoms with Gasteiger partial charge in [-0.3, -0.25) is 0 Å². The third kappa shape index (κ3) is 3.66. The van der Waals surface area contributed by atoms with Crippen LogP contribution in [0.2, 0.25) is 0 Å². The summed E-state index contributed by atoms with van der Waals surface area (Å²) in [6.07, 6.45) is 5.01. The lowest BCUT2D eigenvalue weighted by Crippen LogP contribution is -2.39. The van der Waals surface area contributed by atoms with Crippen LogP contribution in [0.4, 0.5) is 10.2 Å². The lowest BCUT2D eigenvalue weighted by Gasteiger charge is -2.36. The van der Waals surface area contributed by atoms with Gasteiger partial charge < -0.3 is 10.2 Å². The highest BCUT2D eigenvalue weighted by atomic mass is 19.1. The van der Waals surface area contributed by atoms with Gasteiger partial charge in [-0.05, 0) is 46.1 Å². The molecule has 0 atom stereocenters. The maximum absolute atomic E-state index is 13.4. The van der Waals surface area contributed by atoms with Crippen LogP contribution in [0.25, 0.3) is 0 Å². The highest BCUT2D eigenvalue weighted by molar-refractivity contribution is 5.47. The Balaban J connectivity index is 2.17. The molecule has 106 valence electrons. The van der Waals surface area contributed by atoms with E-state index in [1.165, 1.54) is 25.5 Å². The Labute approximate surface area is 115 Å². The summed E-state index contributed by atoms with van der Waals surface area (Å²) in [5.41, 5.74) is 0.947. The molecule has 0 saturated heterocycles. The van der Waals surface area contributed by atoms with E-state index in [1.54, 1.807) is 6.07 Å². The number of pyridine rings is 1. The number of halogens is 1. The zero-order valence-electron chi connectivity index (χ0n) is 12.3. The van der Waals surface area contributed by atoms with Crippen LogP contribution >= 0.6 is 0 Å². The van der Waals surface area contributed by atoms with Crippen molar-refractivity contribution in [3.8, 4) is 0 Å². The van der Waals surface area contributed by atoms with E-state index in [-0.39, 0.29) is 11.4 Å². The fourth-order valence-corrected chi connectivity index (χ4v) is 2.23. The Bertz CT molecular complexity index is 436. The second-order valence-electron chi connectivity index (χ2n) is 6.44. The fraction of sp³-hybridized carbons (Fsp3) is 0.667. The van der Waals surface area contributed by atoms with Gasteiger partial charge in [0.2, 0.25) is 0 Å². The number of anilines is 1. The van der Waals surface area contributed by atoms with E-state index in [0.717, 1.165) is 11.4 Å². The summed E-state index contributed by atoms with van der Waals surface area (Å²) >= 11 is 0. The van der Waals surface area contributed by atoms with E-state index >= 15 is 0 Å². The van der Waals surface area contributed by atoms with Gasteiger partial charge >= 0.3 is 0 Å².